The molecule has 196 valence electrons. The third-order valence-corrected chi connectivity index (χ3v) is 5.71. The lowest BCUT2D eigenvalue weighted by Gasteiger charge is -2.26. The zero-order valence-corrected chi connectivity index (χ0v) is 20.4. The Hall–Kier alpha value is -3.93. The number of rotatable bonds is 13. The van der Waals surface area contributed by atoms with Crippen LogP contribution in [0.4, 0.5) is 0 Å². The molecule has 8 N–H and O–H groups in total. The molecule has 0 aliphatic rings. The molecule has 1 heterocycles. The molecule has 0 fully saturated rings. The first-order valence-electron chi connectivity index (χ1n) is 11.6. The van der Waals surface area contributed by atoms with E-state index in [0.717, 1.165) is 16.5 Å². The summed E-state index contributed by atoms with van der Waals surface area (Å²) >= 11 is 0. The Morgan fingerprint density at radius 2 is 1.61 bits per heavy atom. The van der Waals surface area contributed by atoms with Crippen molar-refractivity contribution in [2.75, 3.05) is 0 Å². The largest absolute Gasteiger partial charge is 0.481 e. The van der Waals surface area contributed by atoms with Crippen LogP contribution in [0.2, 0.25) is 0 Å². The molecule has 0 spiro atoms. The van der Waals surface area contributed by atoms with Crippen molar-refractivity contribution in [3.63, 3.8) is 0 Å². The van der Waals surface area contributed by atoms with E-state index in [4.69, 9.17) is 15.9 Å². The molecule has 4 unspecified atom stereocenters. The number of carbonyl (C=O) groups excluding carboxylic acids is 3. The molecule has 2 rings (SSSR count). The number of carboxylic acid groups (broad SMARTS) is 2. The molecule has 4 atom stereocenters. The van der Waals surface area contributed by atoms with Gasteiger partial charge in [-0.15, -0.1) is 0 Å². The fourth-order valence-electron chi connectivity index (χ4n) is 3.57. The second kappa shape index (κ2) is 12.7. The van der Waals surface area contributed by atoms with Gasteiger partial charge >= 0.3 is 11.9 Å². The maximum atomic E-state index is 13.3. The number of carboxylic acids is 2. The van der Waals surface area contributed by atoms with Crippen molar-refractivity contribution in [1.29, 1.82) is 0 Å². The molecule has 12 heteroatoms. The van der Waals surface area contributed by atoms with E-state index >= 15 is 0 Å². The Bertz CT molecular complexity index is 1110. The molecule has 0 bridgehead atoms. The van der Waals surface area contributed by atoms with Gasteiger partial charge in [0.1, 0.15) is 18.1 Å². The second-order valence-corrected chi connectivity index (χ2v) is 8.96. The molecule has 2 aromatic rings. The van der Waals surface area contributed by atoms with Crippen molar-refractivity contribution in [3.8, 4) is 0 Å². The van der Waals surface area contributed by atoms with Crippen LogP contribution < -0.4 is 21.7 Å². The van der Waals surface area contributed by atoms with Gasteiger partial charge in [-0.1, -0.05) is 32.0 Å². The topological polar surface area (TPSA) is 204 Å². The van der Waals surface area contributed by atoms with E-state index in [0.29, 0.717) is 0 Å². The van der Waals surface area contributed by atoms with Crippen LogP contribution >= 0.6 is 0 Å². The highest BCUT2D eigenvalue weighted by atomic mass is 16.4. The van der Waals surface area contributed by atoms with Crippen molar-refractivity contribution in [2.24, 2.45) is 11.7 Å². The van der Waals surface area contributed by atoms with Crippen LogP contribution in [0.3, 0.4) is 0 Å². The van der Waals surface area contributed by atoms with E-state index in [9.17, 15) is 24.0 Å². The van der Waals surface area contributed by atoms with Gasteiger partial charge in [-0.3, -0.25) is 24.0 Å². The Morgan fingerprint density at radius 1 is 0.944 bits per heavy atom. The third kappa shape index (κ3) is 7.80. The summed E-state index contributed by atoms with van der Waals surface area (Å²) in [6, 6.07) is 2.87. The molecular formula is C24H33N5O7. The number of nitrogens with two attached hydrogens (primary N) is 1. The monoisotopic (exact) mass is 503 g/mol. The Kier molecular flexibility index (Phi) is 9.97. The van der Waals surface area contributed by atoms with Gasteiger partial charge in [0.25, 0.3) is 0 Å². The molecule has 0 aliphatic heterocycles. The van der Waals surface area contributed by atoms with E-state index in [2.05, 4.69) is 20.9 Å². The van der Waals surface area contributed by atoms with Crippen LogP contribution in [0, 0.1) is 5.92 Å². The molecule has 0 saturated heterocycles. The molecule has 0 saturated carbocycles. The van der Waals surface area contributed by atoms with E-state index in [1.807, 2.05) is 24.3 Å². The number of fused-ring (bicyclic) bond motifs is 1. The molecular weight excluding hydrogens is 470 g/mol. The van der Waals surface area contributed by atoms with Crippen LogP contribution in [-0.4, -0.2) is 69.0 Å². The van der Waals surface area contributed by atoms with Gasteiger partial charge in [0.15, 0.2) is 0 Å². The minimum atomic E-state index is -1.22. The number of aliphatic carboxylic acids is 2. The normalized spacial score (nSPS) is 14.5. The summed E-state index contributed by atoms with van der Waals surface area (Å²) in [4.78, 5) is 63.7. The van der Waals surface area contributed by atoms with Crippen molar-refractivity contribution in [3.05, 3.63) is 36.0 Å². The molecule has 36 heavy (non-hydrogen) atoms. The smallest absolute Gasteiger partial charge is 0.325 e. The summed E-state index contributed by atoms with van der Waals surface area (Å²) in [6.07, 6.45) is 1.34. The lowest BCUT2D eigenvalue weighted by atomic mass is 10.00. The number of nitrogens with one attached hydrogen (secondary N) is 4. The summed E-state index contributed by atoms with van der Waals surface area (Å²) in [7, 11) is 0. The average molecular weight is 504 g/mol. The lowest BCUT2D eigenvalue weighted by Crippen LogP contribution is -2.58. The Balaban J connectivity index is 2.26. The Labute approximate surface area is 208 Å². The summed E-state index contributed by atoms with van der Waals surface area (Å²) in [5.74, 6) is -4.78. The molecule has 1 aromatic heterocycles. The summed E-state index contributed by atoms with van der Waals surface area (Å²) in [5.41, 5.74) is 7.39. The van der Waals surface area contributed by atoms with Crippen molar-refractivity contribution >= 4 is 40.6 Å². The quantitative estimate of drug-likeness (QED) is 0.199. The van der Waals surface area contributed by atoms with Crippen molar-refractivity contribution in [1.82, 2.24) is 20.9 Å². The highest BCUT2D eigenvalue weighted by molar-refractivity contribution is 5.95. The number of hydrogen-bond donors (Lipinski definition) is 7. The number of hydrogen-bond acceptors (Lipinski definition) is 6. The molecule has 12 nitrogen and oxygen atoms in total. The predicted molar refractivity (Wildman–Crippen MR) is 131 cm³/mol. The van der Waals surface area contributed by atoms with Crippen molar-refractivity contribution < 1.29 is 34.2 Å². The minimum Gasteiger partial charge on any atom is -0.481 e. The van der Waals surface area contributed by atoms with Crippen LogP contribution in [0.15, 0.2) is 30.5 Å². The van der Waals surface area contributed by atoms with Crippen LogP contribution in [0.5, 0.6) is 0 Å². The first-order chi connectivity index (χ1) is 16.9. The van der Waals surface area contributed by atoms with Gasteiger partial charge in [-0.25, -0.2) is 0 Å². The number of carbonyl (C=O) groups is 5. The second-order valence-electron chi connectivity index (χ2n) is 8.96. The molecule has 0 aliphatic carbocycles. The van der Waals surface area contributed by atoms with Gasteiger partial charge in [-0.2, -0.15) is 0 Å². The van der Waals surface area contributed by atoms with E-state index in [-0.39, 0.29) is 19.3 Å². The van der Waals surface area contributed by atoms with Crippen LogP contribution in [-0.2, 0) is 30.4 Å². The van der Waals surface area contributed by atoms with Gasteiger partial charge in [-0.05, 0) is 30.9 Å². The number of amides is 3. The lowest BCUT2D eigenvalue weighted by molar-refractivity contribution is -0.142. The fourth-order valence-corrected chi connectivity index (χ4v) is 3.57. The Morgan fingerprint density at radius 3 is 2.22 bits per heavy atom. The van der Waals surface area contributed by atoms with E-state index < -0.39 is 59.7 Å². The van der Waals surface area contributed by atoms with Crippen molar-refractivity contribution in [2.45, 2.75) is 64.2 Å². The summed E-state index contributed by atoms with van der Waals surface area (Å²) in [5, 5.41) is 26.3. The first kappa shape index (κ1) is 28.3. The van der Waals surface area contributed by atoms with E-state index in [1.165, 1.54) is 6.92 Å². The standard InChI is InChI=1S/C24H33N5O7/c1-12(2)20(23(34)27-13(3)24(35)36)29-22(33)18(28-21(32)16(25)8-9-19(30)31)10-14-11-26-17-7-5-4-6-15(14)17/h4-7,11-13,16,18,20,26H,8-10,25H2,1-3H3,(H,27,34)(H,28,32)(H,29,33)(H,30,31)(H,35,36). The highest BCUT2D eigenvalue weighted by Crippen LogP contribution is 2.19. The number of aromatic amines is 1. The van der Waals surface area contributed by atoms with Gasteiger partial charge in [0, 0.05) is 29.9 Å². The number of H-pyrrole nitrogens is 1. The number of para-hydroxylation sites is 1. The van der Waals surface area contributed by atoms with Crippen LogP contribution in [0.25, 0.3) is 10.9 Å². The maximum Gasteiger partial charge on any atom is 0.325 e. The number of aromatic nitrogens is 1. The summed E-state index contributed by atoms with van der Waals surface area (Å²) < 4.78 is 0. The maximum absolute atomic E-state index is 13.3. The summed E-state index contributed by atoms with van der Waals surface area (Å²) in [6.45, 7) is 4.67. The number of benzene rings is 1. The first-order valence-corrected chi connectivity index (χ1v) is 11.6. The van der Waals surface area contributed by atoms with Gasteiger partial charge in [0.2, 0.25) is 17.7 Å². The highest BCUT2D eigenvalue weighted by Gasteiger charge is 2.31. The molecule has 0 radical (unpaired) electrons. The fraction of sp³-hybridized carbons (Fsp3) is 0.458. The van der Waals surface area contributed by atoms with Gasteiger partial charge in [0.05, 0.1) is 6.04 Å². The SMILES string of the molecule is CC(NC(=O)C(NC(=O)C(Cc1c[nH]c2ccccc12)NC(=O)C(N)CCC(=O)O)C(C)C)C(=O)O. The minimum absolute atomic E-state index is 0.0607. The third-order valence-electron chi connectivity index (χ3n) is 5.71. The average Bonchev–Trinajstić information content (AvgIpc) is 3.22. The zero-order chi connectivity index (χ0) is 27.0. The van der Waals surface area contributed by atoms with E-state index in [1.54, 1.807) is 20.0 Å². The van der Waals surface area contributed by atoms with Crippen LogP contribution in [0.1, 0.15) is 39.2 Å². The molecule has 1 aromatic carbocycles. The molecule has 3 amide bonds. The predicted octanol–water partition coefficient (Wildman–Crippen LogP) is 0.117. The zero-order valence-electron chi connectivity index (χ0n) is 20.4. The van der Waals surface area contributed by atoms with Gasteiger partial charge < -0.3 is 36.9 Å².